The molecule has 2 aliphatic rings. The fourth-order valence-corrected chi connectivity index (χ4v) is 14.2. The van der Waals surface area contributed by atoms with Crippen molar-refractivity contribution in [2.24, 2.45) is 0 Å². The molecule has 0 fully saturated rings. The van der Waals surface area contributed by atoms with Crippen molar-refractivity contribution in [3.05, 3.63) is 166 Å². The van der Waals surface area contributed by atoms with Gasteiger partial charge in [-0.2, -0.15) is 0 Å². The minimum atomic E-state index is -3.25. The predicted octanol–water partition coefficient (Wildman–Crippen LogP) is 10.1. The summed E-state index contributed by atoms with van der Waals surface area (Å²) >= 11 is 0. The van der Waals surface area contributed by atoms with Crippen LogP contribution >= 0.6 is 14.3 Å². The van der Waals surface area contributed by atoms with Crippen LogP contribution in [0.5, 0.6) is 46.0 Å². The van der Waals surface area contributed by atoms with Crippen molar-refractivity contribution in [3.8, 4) is 46.0 Å². The third-order valence-corrected chi connectivity index (χ3v) is 17.6. The minimum absolute atomic E-state index is 0.100. The maximum absolute atomic E-state index is 15.2. The van der Waals surface area contributed by atoms with Gasteiger partial charge in [-0.25, -0.2) is 0 Å². The molecule has 0 amide bonds. The Balaban J connectivity index is 0.000000175. The van der Waals surface area contributed by atoms with Crippen LogP contribution in [0.4, 0.5) is 0 Å². The van der Waals surface area contributed by atoms with E-state index in [-0.39, 0.29) is 13.6 Å². The van der Waals surface area contributed by atoms with Gasteiger partial charge in [-0.3, -0.25) is 0 Å². The average molecular weight is 895 g/mol. The average Bonchev–Trinajstić information content (AvgIpc) is 3.98. The Morgan fingerprint density at radius 2 is 0.812 bits per heavy atom. The fourth-order valence-electron chi connectivity index (χ4n) is 8.45. The van der Waals surface area contributed by atoms with Gasteiger partial charge in [-0.05, 0) is 137 Å². The zero-order valence-electron chi connectivity index (χ0n) is 37.6. The molecule has 7 aromatic rings. The van der Waals surface area contributed by atoms with Crippen molar-refractivity contribution < 1.29 is 42.3 Å². The highest BCUT2D eigenvalue weighted by molar-refractivity contribution is 7.85. The van der Waals surface area contributed by atoms with E-state index in [1.165, 1.54) is 0 Å². The fraction of sp³-hybridized carbons (Fsp3) is 0.208. The highest BCUT2D eigenvalue weighted by Crippen LogP contribution is 2.50. The Labute approximate surface area is 375 Å². The zero-order valence-corrected chi connectivity index (χ0v) is 39.4. The van der Waals surface area contributed by atoms with Crippen molar-refractivity contribution >= 4 is 46.1 Å². The van der Waals surface area contributed by atoms with Gasteiger partial charge < -0.3 is 42.3 Å². The van der Waals surface area contributed by atoms with E-state index in [1.54, 1.807) is 14.2 Å². The number of rotatable bonds is 10. The number of benzene rings is 7. The molecule has 0 spiro atoms. The molecule has 9 nitrogen and oxygen atoms in total. The second kappa shape index (κ2) is 18.0. The largest absolute Gasteiger partial charge is 0.496 e. The molecule has 0 unspecified atom stereocenters. The quantitative estimate of drug-likeness (QED) is 0.124. The Hall–Kier alpha value is -6.40. The van der Waals surface area contributed by atoms with Crippen LogP contribution in [0, 0.1) is 48.5 Å². The number of methoxy groups -OCH3 is 2. The first-order valence-corrected chi connectivity index (χ1v) is 24.4. The van der Waals surface area contributed by atoms with Crippen LogP contribution in [0.3, 0.4) is 0 Å². The van der Waals surface area contributed by atoms with Crippen molar-refractivity contribution in [1.82, 2.24) is 0 Å². The van der Waals surface area contributed by atoms with E-state index in [9.17, 15) is 4.57 Å². The van der Waals surface area contributed by atoms with Gasteiger partial charge in [0.15, 0.2) is 37.3 Å². The third kappa shape index (κ3) is 8.27. The Morgan fingerprint density at radius 1 is 0.422 bits per heavy atom. The van der Waals surface area contributed by atoms with Crippen LogP contribution in [-0.2, 0) is 9.13 Å². The molecule has 7 aromatic carbocycles. The summed E-state index contributed by atoms with van der Waals surface area (Å²) in [5.74, 6) is 5.18. The highest BCUT2D eigenvalue weighted by Gasteiger charge is 2.36. The zero-order chi connectivity index (χ0) is 45.3. The molecular formula is C53H52O9P2. The summed E-state index contributed by atoms with van der Waals surface area (Å²) in [6, 6.07) is 40.6. The molecule has 0 radical (unpaired) electrons. The van der Waals surface area contributed by atoms with Crippen molar-refractivity contribution in [2.75, 3.05) is 27.8 Å². The topological polar surface area (TPSA) is 98.8 Å². The normalized spacial score (nSPS) is 12.6. The number of aryl methyl sites for hydroxylation is 7. The summed E-state index contributed by atoms with van der Waals surface area (Å²) in [5, 5.41) is 4.39. The number of hydrogen-bond donors (Lipinski definition) is 0. The standard InChI is InChI=1S/C27H23O4P.C26H29O5P/c1-19-8-12-22(13-9-19)32(28,23-14-10-20(2)11-15-23)24-16-25-27(30-18-29-25)26(17-24)31-21-6-4-3-5-7-21;1-15-8-20(9-16(2)24(15)28-6)32(27,21-10-17(3)25(29-7)18(4)11-21)22-12-19(5)26-23(13-22)30-14-31-26/h3-17H,18H2,1-2H3;8-13H,14H2,1-7H3. The molecule has 0 saturated carbocycles. The van der Waals surface area contributed by atoms with E-state index in [4.69, 9.17) is 33.2 Å². The molecule has 9 rings (SSSR count). The summed E-state index contributed by atoms with van der Waals surface area (Å²) in [6.45, 7) is 14.2. The Bertz CT molecular complexity index is 2800. The summed E-state index contributed by atoms with van der Waals surface area (Å²) in [5.41, 5.74) is 6.92. The van der Waals surface area contributed by atoms with Gasteiger partial charge >= 0.3 is 0 Å². The molecular weight excluding hydrogens is 843 g/mol. The maximum atomic E-state index is 15.2. The highest BCUT2D eigenvalue weighted by atomic mass is 31.2. The SMILES string of the molecule is COc1c(C)cc(P(=O)(c2cc(C)c(OC)c(C)c2)c2cc(C)c3c(c2)OCO3)cc1C.Cc1ccc(P(=O)(c2ccc(C)cc2)c2cc3c(c(Oc4ccccc4)c2)OCO3)cc1. The molecule has 64 heavy (non-hydrogen) atoms. The molecule has 2 heterocycles. The minimum Gasteiger partial charge on any atom is -0.496 e. The molecule has 0 bridgehead atoms. The lowest BCUT2D eigenvalue weighted by Gasteiger charge is -2.24. The molecule has 0 aromatic heterocycles. The van der Waals surface area contributed by atoms with Gasteiger partial charge in [0.2, 0.25) is 19.3 Å². The predicted molar refractivity (Wildman–Crippen MR) is 257 cm³/mol. The summed E-state index contributed by atoms with van der Waals surface area (Å²) in [4.78, 5) is 0. The second-order valence-electron chi connectivity index (χ2n) is 16.2. The number of fused-ring (bicyclic) bond motifs is 2. The first-order valence-electron chi connectivity index (χ1n) is 21.0. The van der Waals surface area contributed by atoms with Crippen molar-refractivity contribution in [3.63, 3.8) is 0 Å². The van der Waals surface area contributed by atoms with Crippen LogP contribution in [0.25, 0.3) is 0 Å². The first-order chi connectivity index (χ1) is 30.7. The van der Waals surface area contributed by atoms with E-state index in [1.807, 2.05) is 176 Å². The van der Waals surface area contributed by atoms with E-state index in [0.29, 0.717) is 45.1 Å². The number of hydrogen-bond acceptors (Lipinski definition) is 9. The first kappa shape index (κ1) is 44.2. The van der Waals surface area contributed by atoms with Crippen molar-refractivity contribution in [2.45, 2.75) is 48.5 Å². The van der Waals surface area contributed by atoms with Crippen LogP contribution in [0.2, 0.25) is 0 Å². The van der Waals surface area contributed by atoms with Gasteiger partial charge in [-0.1, -0.05) is 77.9 Å². The molecule has 0 N–H and O–H groups in total. The smallest absolute Gasteiger partial charge is 0.231 e. The van der Waals surface area contributed by atoms with E-state index in [0.717, 1.165) is 71.7 Å². The summed E-state index contributed by atoms with van der Waals surface area (Å²) in [6.07, 6.45) is 0. The lowest BCUT2D eigenvalue weighted by Crippen LogP contribution is -2.26. The van der Waals surface area contributed by atoms with Gasteiger partial charge in [0, 0.05) is 31.8 Å². The van der Waals surface area contributed by atoms with E-state index < -0.39 is 14.3 Å². The van der Waals surface area contributed by atoms with Crippen LogP contribution in [0.15, 0.2) is 127 Å². The van der Waals surface area contributed by atoms with Gasteiger partial charge in [0.05, 0.1) is 14.2 Å². The van der Waals surface area contributed by atoms with Gasteiger partial charge in [0.1, 0.15) is 17.2 Å². The molecule has 11 heteroatoms. The monoisotopic (exact) mass is 894 g/mol. The lowest BCUT2D eigenvalue weighted by atomic mass is 10.1. The lowest BCUT2D eigenvalue weighted by molar-refractivity contribution is 0.172. The third-order valence-electron chi connectivity index (χ3n) is 11.6. The summed E-state index contributed by atoms with van der Waals surface area (Å²) < 4.78 is 70.0. The number of ether oxygens (including phenoxy) is 7. The molecule has 328 valence electrons. The summed E-state index contributed by atoms with van der Waals surface area (Å²) in [7, 11) is -3.13. The second-order valence-corrected chi connectivity index (χ2v) is 21.7. The Kier molecular flexibility index (Phi) is 12.4. The van der Waals surface area contributed by atoms with Crippen LogP contribution in [0.1, 0.15) is 38.9 Å². The Morgan fingerprint density at radius 3 is 1.28 bits per heavy atom. The van der Waals surface area contributed by atoms with E-state index in [2.05, 4.69) is 0 Å². The molecule has 0 aliphatic carbocycles. The van der Waals surface area contributed by atoms with Gasteiger partial charge in [0.25, 0.3) is 0 Å². The molecule has 0 saturated heterocycles. The maximum Gasteiger partial charge on any atom is 0.231 e. The van der Waals surface area contributed by atoms with E-state index >= 15 is 4.57 Å². The van der Waals surface area contributed by atoms with Crippen LogP contribution < -0.4 is 65.0 Å². The van der Waals surface area contributed by atoms with Crippen LogP contribution in [-0.4, -0.2) is 27.8 Å². The number of para-hydroxylation sites is 1. The van der Waals surface area contributed by atoms with Crippen molar-refractivity contribution in [1.29, 1.82) is 0 Å². The molecule has 0 atom stereocenters. The molecule has 2 aliphatic heterocycles. The van der Waals surface area contributed by atoms with Gasteiger partial charge in [-0.15, -0.1) is 0 Å².